The van der Waals surface area contributed by atoms with Gasteiger partial charge in [0.25, 0.3) is 10.1 Å². The summed E-state index contributed by atoms with van der Waals surface area (Å²) in [5.74, 6) is -0.291. The number of fused-ring (bicyclic) bond motifs is 1. The number of rotatable bonds is 7. The third-order valence-electron chi connectivity index (χ3n) is 5.43. The minimum Gasteiger partial charge on any atom is -0.507 e. The predicted molar refractivity (Wildman–Crippen MR) is 143 cm³/mol. The van der Waals surface area contributed by atoms with Crippen molar-refractivity contribution >= 4 is 61.2 Å². The first-order valence-electron chi connectivity index (χ1n) is 11.2. The molecule has 5 aromatic rings. The van der Waals surface area contributed by atoms with E-state index in [4.69, 9.17) is 5.73 Å². The molecule has 39 heavy (non-hydrogen) atoms. The van der Waals surface area contributed by atoms with Crippen molar-refractivity contribution in [1.82, 2.24) is 15.0 Å². The van der Waals surface area contributed by atoms with Crippen molar-refractivity contribution in [2.45, 2.75) is 4.90 Å². The second-order valence-corrected chi connectivity index (χ2v) is 9.49. The highest BCUT2D eigenvalue weighted by Gasteiger charge is 2.20. The number of aromatic nitrogens is 3. The van der Waals surface area contributed by atoms with E-state index in [-0.39, 0.29) is 39.8 Å². The molecule has 12 nitrogen and oxygen atoms in total. The monoisotopic (exact) mass is 546 g/mol. The molecule has 0 saturated heterocycles. The molecule has 0 amide bonds. The summed E-state index contributed by atoms with van der Waals surface area (Å²) in [4.78, 5) is 11.0. The van der Waals surface area contributed by atoms with E-state index in [0.717, 1.165) is 6.07 Å². The lowest BCUT2D eigenvalue weighted by Crippen LogP contribution is -2.05. The maximum absolute atomic E-state index is 14.0. The summed E-state index contributed by atoms with van der Waals surface area (Å²) in [6, 6.07) is 20.6. The van der Waals surface area contributed by atoms with Gasteiger partial charge in [0, 0.05) is 16.8 Å². The van der Waals surface area contributed by atoms with Crippen LogP contribution in [0.2, 0.25) is 0 Å². The minimum absolute atomic E-state index is 0.0184. The lowest BCUT2D eigenvalue weighted by Gasteiger charge is -2.10. The maximum Gasteiger partial charge on any atom is 0.315 e. The van der Waals surface area contributed by atoms with Crippen LogP contribution in [0.4, 0.5) is 44.7 Å². The Morgan fingerprint density at radius 2 is 1.46 bits per heavy atom. The first-order valence-corrected chi connectivity index (χ1v) is 12.7. The fraction of sp³-hybridized carbons (Fsp3) is 0. The fourth-order valence-electron chi connectivity index (χ4n) is 3.70. The molecule has 0 aliphatic carbocycles. The Morgan fingerprint density at radius 1 is 0.821 bits per heavy atom. The Labute approximate surface area is 220 Å². The topological polar surface area (TPSA) is 188 Å². The molecule has 196 valence electrons. The summed E-state index contributed by atoms with van der Waals surface area (Å²) in [5.41, 5.74) is 7.58. The van der Waals surface area contributed by atoms with Crippen molar-refractivity contribution in [3.05, 3.63) is 84.9 Å². The summed E-state index contributed by atoms with van der Waals surface area (Å²) in [6.45, 7) is 0. The van der Waals surface area contributed by atoms with Gasteiger partial charge in [0.15, 0.2) is 0 Å². The van der Waals surface area contributed by atoms with Crippen LogP contribution in [0, 0.1) is 6.08 Å². The third-order valence-corrected chi connectivity index (χ3v) is 6.33. The van der Waals surface area contributed by atoms with Crippen LogP contribution >= 0.6 is 0 Å². The van der Waals surface area contributed by atoms with Crippen molar-refractivity contribution in [3.63, 3.8) is 0 Å². The lowest BCUT2D eigenvalue weighted by atomic mass is 10.1. The Kier molecular flexibility index (Phi) is 6.70. The zero-order valence-corrected chi connectivity index (χ0v) is 20.6. The average molecular weight is 547 g/mol. The molecule has 0 radical (unpaired) electrons. The largest absolute Gasteiger partial charge is 0.507 e. The number of aromatic hydroxyl groups is 1. The maximum atomic E-state index is 14.0. The molecule has 14 heteroatoms. The molecule has 0 atom stereocenters. The highest BCUT2D eigenvalue weighted by molar-refractivity contribution is 7.86. The second kappa shape index (κ2) is 10.3. The van der Waals surface area contributed by atoms with Crippen molar-refractivity contribution in [2.24, 2.45) is 10.2 Å². The normalized spacial score (nSPS) is 11.6. The van der Waals surface area contributed by atoms with Gasteiger partial charge in [-0.3, -0.25) is 4.55 Å². The molecule has 6 N–H and O–H groups in total. The Bertz CT molecular complexity index is 1820. The number of hydrogen-bond acceptors (Lipinski definition) is 11. The molecule has 0 saturated carbocycles. The number of anilines is 5. The van der Waals surface area contributed by atoms with Gasteiger partial charge in [-0.1, -0.05) is 30.3 Å². The number of nitrogens with one attached hydrogen (secondary N) is 2. The SMILES string of the molecule is Nc1c(N=Nc2ccc(Nc3nc(F)nc(Nc4ccccc4)n3)cc2)cc(S(=O)(=O)O)c2cccc(O)c12. The van der Waals surface area contributed by atoms with Gasteiger partial charge in [-0.05, 0) is 48.5 Å². The predicted octanol–water partition coefficient (Wildman–Crippen LogP) is 5.60. The summed E-state index contributed by atoms with van der Waals surface area (Å²) in [5, 5.41) is 24.2. The van der Waals surface area contributed by atoms with E-state index >= 15 is 0 Å². The standard InChI is InChI=1S/C25H19FN8O4S/c26-23-30-24(28-14-5-2-1-3-6-14)32-25(31-23)29-15-9-11-16(12-10-15)33-34-18-13-20(39(36,37)38)17-7-4-8-19(35)21(17)22(18)27/h1-13,35H,27H2,(H,36,37,38)(H2,28,29,30,31,32). The summed E-state index contributed by atoms with van der Waals surface area (Å²) < 4.78 is 47.5. The molecule has 1 aromatic heterocycles. The van der Waals surface area contributed by atoms with Gasteiger partial charge in [-0.25, -0.2) is 0 Å². The molecular formula is C25H19FN8O4S. The van der Waals surface area contributed by atoms with Crippen molar-refractivity contribution < 1.29 is 22.5 Å². The van der Waals surface area contributed by atoms with E-state index in [1.54, 1.807) is 36.4 Å². The van der Waals surface area contributed by atoms with E-state index in [9.17, 15) is 22.5 Å². The van der Waals surface area contributed by atoms with Crippen LogP contribution in [0.15, 0.2) is 94.0 Å². The smallest absolute Gasteiger partial charge is 0.315 e. The zero-order valence-electron chi connectivity index (χ0n) is 19.8. The first kappa shape index (κ1) is 25.4. The molecule has 1 heterocycles. The Balaban J connectivity index is 1.38. The molecule has 4 aromatic carbocycles. The highest BCUT2D eigenvalue weighted by atomic mass is 32.2. The van der Waals surface area contributed by atoms with E-state index in [2.05, 4.69) is 35.8 Å². The van der Waals surface area contributed by atoms with Gasteiger partial charge in [0.2, 0.25) is 11.9 Å². The van der Waals surface area contributed by atoms with Crippen LogP contribution in [-0.2, 0) is 10.1 Å². The van der Waals surface area contributed by atoms with Crippen LogP contribution in [0.1, 0.15) is 0 Å². The molecule has 0 aliphatic rings. The summed E-state index contributed by atoms with van der Waals surface area (Å²) in [6.07, 6.45) is -0.973. The zero-order chi connectivity index (χ0) is 27.6. The van der Waals surface area contributed by atoms with Crippen LogP contribution in [0.5, 0.6) is 5.75 Å². The molecule has 5 rings (SSSR count). The lowest BCUT2D eigenvalue weighted by molar-refractivity contribution is 0.481. The van der Waals surface area contributed by atoms with E-state index < -0.39 is 21.1 Å². The van der Waals surface area contributed by atoms with Crippen LogP contribution in [-0.4, -0.2) is 33.0 Å². The number of phenols is 1. The van der Waals surface area contributed by atoms with E-state index in [1.807, 2.05) is 18.2 Å². The van der Waals surface area contributed by atoms with Gasteiger partial charge < -0.3 is 21.5 Å². The molecular weight excluding hydrogens is 527 g/mol. The van der Waals surface area contributed by atoms with E-state index in [0.29, 0.717) is 17.1 Å². The quantitative estimate of drug-likeness (QED) is 0.0976. The van der Waals surface area contributed by atoms with Gasteiger partial charge in [0.05, 0.1) is 16.8 Å². The van der Waals surface area contributed by atoms with Crippen molar-refractivity contribution in [3.8, 4) is 5.75 Å². The van der Waals surface area contributed by atoms with Crippen LogP contribution in [0.3, 0.4) is 0 Å². The fourth-order valence-corrected chi connectivity index (χ4v) is 4.41. The first-order chi connectivity index (χ1) is 18.7. The third kappa shape index (κ3) is 5.71. The van der Waals surface area contributed by atoms with Crippen LogP contribution < -0.4 is 16.4 Å². The number of phenolic OH excluding ortho intramolecular Hbond substituents is 1. The van der Waals surface area contributed by atoms with Crippen molar-refractivity contribution in [1.29, 1.82) is 0 Å². The van der Waals surface area contributed by atoms with Gasteiger partial charge in [-0.2, -0.15) is 32.9 Å². The number of halogens is 1. The van der Waals surface area contributed by atoms with Gasteiger partial charge >= 0.3 is 6.08 Å². The summed E-state index contributed by atoms with van der Waals surface area (Å²) >= 11 is 0. The molecule has 0 aliphatic heterocycles. The van der Waals surface area contributed by atoms with E-state index in [1.165, 1.54) is 18.2 Å². The molecule has 0 unspecified atom stereocenters. The average Bonchev–Trinajstić information content (AvgIpc) is 2.89. The summed E-state index contributed by atoms with van der Waals surface area (Å²) in [7, 11) is -4.65. The molecule has 0 spiro atoms. The number of nitrogens with zero attached hydrogens (tertiary/aromatic N) is 5. The number of nitrogens with two attached hydrogens (primary N) is 1. The second-order valence-electron chi connectivity index (χ2n) is 8.10. The number of azo groups is 1. The minimum atomic E-state index is -4.65. The van der Waals surface area contributed by atoms with Crippen molar-refractivity contribution in [2.75, 3.05) is 16.4 Å². The van der Waals surface area contributed by atoms with Gasteiger partial charge in [-0.15, -0.1) is 5.11 Å². The van der Waals surface area contributed by atoms with Crippen LogP contribution in [0.25, 0.3) is 10.8 Å². The molecule has 0 bridgehead atoms. The van der Waals surface area contributed by atoms with Gasteiger partial charge in [0.1, 0.15) is 16.3 Å². The Hall–Kier alpha value is -5.21. The number of nitrogen functional groups attached to an aromatic ring is 1. The number of para-hydroxylation sites is 1. The Morgan fingerprint density at radius 3 is 2.10 bits per heavy atom. The molecule has 0 fully saturated rings. The highest BCUT2D eigenvalue weighted by Crippen LogP contribution is 2.41. The number of benzene rings is 4. The number of hydrogen-bond donors (Lipinski definition) is 5.